The molecule has 1 amide bonds. The number of carbonyl (C=O) groups is 1. The lowest BCUT2D eigenvalue weighted by atomic mass is 9.98. The lowest BCUT2D eigenvalue weighted by molar-refractivity contribution is -0.129. The number of amides is 1. The molecule has 0 aliphatic carbocycles. The molecule has 6 heteroatoms. The summed E-state index contributed by atoms with van der Waals surface area (Å²) in [7, 11) is 2.06. The van der Waals surface area contributed by atoms with Gasteiger partial charge in [-0.3, -0.25) is 10.0 Å². The Labute approximate surface area is 184 Å². The third-order valence-corrected chi connectivity index (χ3v) is 5.70. The molecule has 2 N–H and O–H groups in total. The van der Waals surface area contributed by atoms with Crippen molar-refractivity contribution in [1.82, 2.24) is 15.4 Å². The van der Waals surface area contributed by atoms with Gasteiger partial charge in [-0.05, 0) is 68.0 Å². The second-order valence-electron chi connectivity index (χ2n) is 7.93. The van der Waals surface area contributed by atoms with Crippen LogP contribution in [-0.4, -0.2) is 28.1 Å². The van der Waals surface area contributed by atoms with E-state index < -0.39 is 0 Å². The third kappa shape index (κ3) is 5.79. The number of anilines is 2. The third-order valence-electron chi connectivity index (χ3n) is 5.70. The average Bonchev–Trinajstić information content (AvgIpc) is 2.79. The highest BCUT2D eigenvalue weighted by molar-refractivity contribution is 5.91. The van der Waals surface area contributed by atoms with Gasteiger partial charge in [-0.1, -0.05) is 38.0 Å². The van der Waals surface area contributed by atoms with Crippen LogP contribution in [0.1, 0.15) is 56.0 Å². The molecule has 0 atom stereocenters. The van der Waals surface area contributed by atoms with Crippen molar-refractivity contribution >= 4 is 28.3 Å². The molecule has 3 rings (SSSR count). The standard InChI is InChI=1S/C25H32N4O2/c1-4-19-15-16-21(17-20(19)11-7-5-6-8-14-24(30)28-31)29(3)25-22-12-9-10-13-23(22)26-18(2)27-25/h9-10,12-13,15-17,31H,4-8,11,14H2,1-3H3,(H,28,30). The van der Waals surface area contributed by atoms with Gasteiger partial charge in [-0.15, -0.1) is 0 Å². The summed E-state index contributed by atoms with van der Waals surface area (Å²) in [6, 6.07) is 14.8. The molecule has 6 nitrogen and oxygen atoms in total. The van der Waals surface area contributed by atoms with Gasteiger partial charge in [0.2, 0.25) is 5.91 Å². The van der Waals surface area contributed by atoms with E-state index in [1.807, 2.05) is 25.1 Å². The predicted molar refractivity (Wildman–Crippen MR) is 125 cm³/mol. The summed E-state index contributed by atoms with van der Waals surface area (Å²) >= 11 is 0. The summed E-state index contributed by atoms with van der Waals surface area (Å²) in [4.78, 5) is 22.5. The molecule has 0 unspecified atom stereocenters. The van der Waals surface area contributed by atoms with E-state index in [1.54, 1.807) is 5.48 Å². The molecule has 0 fully saturated rings. The zero-order valence-electron chi connectivity index (χ0n) is 18.7. The van der Waals surface area contributed by atoms with Gasteiger partial charge in [0.05, 0.1) is 5.52 Å². The molecule has 1 aromatic heterocycles. The van der Waals surface area contributed by atoms with E-state index in [1.165, 1.54) is 11.1 Å². The minimum atomic E-state index is -0.309. The molecule has 1 heterocycles. The number of fused-ring (bicyclic) bond motifs is 1. The number of nitrogens with zero attached hydrogens (tertiary/aromatic N) is 3. The van der Waals surface area contributed by atoms with Gasteiger partial charge < -0.3 is 4.90 Å². The van der Waals surface area contributed by atoms with Crippen molar-refractivity contribution in [1.29, 1.82) is 0 Å². The molecule has 0 saturated heterocycles. The van der Waals surface area contributed by atoms with Gasteiger partial charge in [0, 0.05) is 24.5 Å². The van der Waals surface area contributed by atoms with Gasteiger partial charge in [-0.25, -0.2) is 15.4 Å². The Kier molecular flexibility index (Phi) is 7.95. The van der Waals surface area contributed by atoms with Gasteiger partial charge in [0.15, 0.2) is 0 Å². The molecular weight excluding hydrogens is 388 g/mol. The number of hydrogen-bond donors (Lipinski definition) is 2. The van der Waals surface area contributed by atoms with E-state index in [4.69, 9.17) is 10.2 Å². The van der Waals surface area contributed by atoms with Crippen molar-refractivity contribution in [2.45, 2.75) is 58.8 Å². The van der Waals surface area contributed by atoms with E-state index in [0.717, 1.165) is 66.8 Å². The topological polar surface area (TPSA) is 78.4 Å². The maximum absolute atomic E-state index is 11.1. The first-order valence-electron chi connectivity index (χ1n) is 11.0. The Morgan fingerprint density at radius 2 is 1.81 bits per heavy atom. The highest BCUT2D eigenvalue weighted by atomic mass is 16.5. The SMILES string of the molecule is CCc1ccc(N(C)c2nc(C)nc3ccccc23)cc1CCCCCCC(=O)NO. The van der Waals surface area contributed by atoms with Gasteiger partial charge in [0.25, 0.3) is 0 Å². The Morgan fingerprint density at radius 1 is 1.03 bits per heavy atom. The fourth-order valence-corrected chi connectivity index (χ4v) is 3.96. The summed E-state index contributed by atoms with van der Waals surface area (Å²) < 4.78 is 0. The zero-order chi connectivity index (χ0) is 22.2. The number of hydrogen-bond acceptors (Lipinski definition) is 5. The van der Waals surface area contributed by atoms with Crippen LogP contribution in [0.4, 0.5) is 11.5 Å². The van der Waals surface area contributed by atoms with E-state index in [9.17, 15) is 4.79 Å². The molecule has 3 aromatic rings. The number of aryl methyl sites for hydroxylation is 3. The van der Waals surface area contributed by atoms with Crippen LogP contribution < -0.4 is 10.4 Å². The first-order chi connectivity index (χ1) is 15.0. The molecule has 0 spiro atoms. The Bertz CT molecular complexity index is 1040. The van der Waals surface area contributed by atoms with Crippen LogP contribution in [0.5, 0.6) is 0 Å². The zero-order valence-corrected chi connectivity index (χ0v) is 18.7. The summed E-state index contributed by atoms with van der Waals surface area (Å²) in [6.45, 7) is 4.12. The van der Waals surface area contributed by atoms with Crippen LogP contribution in [0.25, 0.3) is 10.9 Å². The molecular formula is C25H32N4O2. The second-order valence-corrected chi connectivity index (χ2v) is 7.93. The summed E-state index contributed by atoms with van der Waals surface area (Å²) in [5.41, 5.74) is 6.51. The van der Waals surface area contributed by atoms with E-state index >= 15 is 0 Å². The lowest BCUT2D eigenvalue weighted by Crippen LogP contribution is -2.17. The fourth-order valence-electron chi connectivity index (χ4n) is 3.96. The largest absolute Gasteiger partial charge is 0.329 e. The Hall–Kier alpha value is -2.99. The minimum Gasteiger partial charge on any atom is -0.329 e. The lowest BCUT2D eigenvalue weighted by Gasteiger charge is -2.22. The van der Waals surface area contributed by atoms with E-state index in [-0.39, 0.29) is 5.91 Å². The molecule has 2 aromatic carbocycles. The first kappa shape index (κ1) is 22.7. The first-order valence-corrected chi connectivity index (χ1v) is 11.0. The monoisotopic (exact) mass is 420 g/mol. The Morgan fingerprint density at radius 3 is 2.58 bits per heavy atom. The average molecular weight is 421 g/mol. The second kappa shape index (κ2) is 10.9. The number of para-hydroxylation sites is 1. The van der Waals surface area contributed by atoms with Crippen molar-refractivity contribution < 1.29 is 10.0 Å². The van der Waals surface area contributed by atoms with E-state index in [2.05, 4.69) is 48.1 Å². The molecule has 0 aliphatic rings. The van der Waals surface area contributed by atoms with Gasteiger partial charge in [-0.2, -0.15) is 0 Å². The summed E-state index contributed by atoms with van der Waals surface area (Å²) in [5, 5.41) is 9.60. The quantitative estimate of drug-likeness (QED) is 0.265. The smallest absolute Gasteiger partial charge is 0.243 e. The van der Waals surface area contributed by atoms with Crippen molar-refractivity contribution in [3.63, 3.8) is 0 Å². The number of unbranched alkanes of at least 4 members (excludes halogenated alkanes) is 3. The number of rotatable bonds is 10. The Balaban J connectivity index is 1.74. The molecule has 31 heavy (non-hydrogen) atoms. The van der Waals surface area contributed by atoms with Crippen molar-refractivity contribution in [2.24, 2.45) is 0 Å². The summed E-state index contributed by atoms with van der Waals surface area (Å²) in [6.07, 6.45) is 6.33. The van der Waals surface area contributed by atoms with Gasteiger partial charge >= 0.3 is 0 Å². The van der Waals surface area contributed by atoms with Crippen LogP contribution >= 0.6 is 0 Å². The maximum atomic E-state index is 11.1. The number of nitrogens with one attached hydrogen (secondary N) is 1. The number of aromatic nitrogens is 2. The minimum absolute atomic E-state index is 0.309. The van der Waals surface area contributed by atoms with Crippen molar-refractivity contribution in [3.05, 3.63) is 59.4 Å². The highest BCUT2D eigenvalue weighted by Crippen LogP contribution is 2.30. The van der Waals surface area contributed by atoms with Crippen LogP contribution in [0.3, 0.4) is 0 Å². The highest BCUT2D eigenvalue weighted by Gasteiger charge is 2.13. The van der Waals surface area contributed by atoms with Crippen LogP contribution in [0.15, 0.2) is 42.5 Å². The van der Waals surface area contributed by atoms with Crippen LogP contribution in [-0.2, 0) is 17.6 Å². The van der Waals surface area contributed by atoms with Crippen LogP contribution in [0, 0.1) is 6.92 Å². The van der Waals surface area contributed by atoms with Crippen LogP contribution in [0.2, 0.25) is 0 Å². The molecule has 0 aliphatic heterocycles. The van der Waals surface area contributed by atoms with Crippen molar-refractivity contribution in [3.8, 4) is 0 Å². The normalized spacial score (nSPS) is 11.0. The maximum Gasteiger partial charge on any atom is 0.243 e. The molecule has 0 radical (unpaired) electrons. The number of carbonyl (C=O) groups excluding carboxylic acids is 1. The molecule has 0 saturated carbocycles. The number of benzene rings is 2. The van der Waals surface area contributed by atoms with Gasteiger partial charge in [0.1, 0.15) is 11.6 Å². The molecule has 0 bridgehead atoms. The summed E-state index contributed by atoms with van der Waals surface area (Å²) in [5.74, 6) is 1.37. The molecule has 164 valence electrons. The van der Waals surface area contributed by atoms with Crippen molar-refractivity contribution in [2.75, 3.05) is 11.9 Å². The predicted octanol–water partition coefficient (Wildman–Crippen LogP) is 5.27. The number of hydroxylamine groups is 1. The fraction of sp³-hybridized carbons (Fsp3) is 0.400. The van der Waals surface area contributed by atoms with E-state index in [0.29, 0.717) is 6.42 Å².